The number of hydrogen-bond donors (Lipinski definition) is 0. The van der Waals surface area contributed by atoms with Gasteiger partial charge in [-0.3, -0.25) is 10.1 Å². The Morgan fingerprint density at radius 1 is 1.23 bits per heavy atom. The van der Waals surface area contributed by atoms with Crippen LogP contribution in [0.25, 0.3) is 0 Å². The Labute approximate surface area is 131 Å². The number of carbonyl (C=O) groups is 1. The van der Waals surface area contributed by atoms with E-state index in [4.69, 9.17) is 21.1 Å². The highest BCUT2D eigenvalue weighted by molar-refractivity contribution is 6.30. The fourth-order valence-corrected chi connectivity index (χ4v) is 1.81. The lowest BCUT2D eigenvalue weighted by Gasteiger charge is -2.07. The molecule has 2 rings (SSSR count). The summed E-state index contributed by atoms with van der Waals surface area (Å²) in [5.41, 5.74) is 0.683. The number of rotatable bonds is 5. The van der Waals surface area contributed by atoms with Gasteiger partial charge >= 0.3 is 11.7 Å². The maximum Gasteiger partial charge on any atom is 0.349 e. The van der Waals surface area contributed by atoms with Crippen LogP contribution in [-0.2, 0) is 4.79 Å². The van der Waals surface area contributed by atoms with Crippen molar-refractivity contribution in [2.45, 2.75) is 6.92 Å². The molecule has 0 heterocycles. The number of benzene rings is 2. The van der Waals surface area contributed by atoms with E-state index in [-0.39, 0.29) is 23.1 Å². The fourth-order valence-electron chi connectivity index (χ4n) is 1.65. The first-order valence-electron chi connectivity index (χ1n) is 6.30. The molecule has 0 aromatic heterocycles. The van der Waals surface area contributed by atoms with Gasteiger partial charge in [-0.1, -0.05) is 29.3 Å². The van der Waals surface area contributed by atoms with Crippen LogP contribution in [-0.4, -0.2) is 17.5 Å². The molecule has 0 radical (unpaired) electrons. The van der Waals surface area contributed by atoms with Crippen LogP contribution in [0.4, 0.5) is 5.69 Å². The predicted molar refractivity (Wildman–Crippen MR) is 80.4 cm³/mol. The van der Waals surface area contributed by atoms with E-state index in [2.05, 4.69) is 0 Å². The van der Waals surface area contributed by atoms with Gasteiger partial charge in [0.1, 0.15) is 5.75 Å². The van der Waals surface area contributed by atoms with Gasteiger partial charge in [-0.25, -0.2) is 4.79 Å². The van der Waals surface area contributed by atoms with Crippen LogP contribution in [0.15, 0.2) is 42.5 Å². The molecule has 0 atom stereocenters. The molecule has 0 aliphatic carbocycles. The molecule has 0 saturated heterocycles. The number of hydrogen-bond acceptors (Lipinski definition) is 5. The third kappa shape index (κ3) is 4.20. The van der Waals surface area contributed by atoms with E-state index in [1.807, 2.05) is 19.1 Å². The Hall–Kier alpha value is -2.60. The van der Waals surface area contributed by atoms with Crippen molar-refractivity contribution in [3.8, 4) is 11.5 Å². The summed E-state index contributed by atoms with van der Waals surface area (Å²) in [5.74, 6) is -0.411. The van der Waals surface area contributed by atoms with Crippen LogP contribution in [0.5, 0.6) is 11.5 Å². The second-order valence-corrected chi connectivity index (χ2v) is 4.88. The maximum atomic E-state index is 11.7. The molecular formula is C15H12ClNO5. The average Bonchev–Trinajstić information content (AvgIpc) is 2.48. The SMILES string of the molecule is Cc1ccc(OCC(=O)Oc2ccc(Cl)cc2[N+](=O)[O-])cc1. The lowest BCUT2D eigenvalue weighted by atomic mass is 10.2. The number of nitro benzene ring substituents is 1. The molecule has 2 aromatic rings. The summed E-state index contributed by atoms with van der Waals surface area (Å²) in [6.07, 6.45) is 0. The number of nitrogens with zero attached hydrogens (tertiary/aromatic N) is 1. The van der Waals surface area contributed by atoms with E-state index < -0.39 is 10.9 Å². The van der Waals surface area contributed by atoms with Crippen LogP contribution in [0, 0.1) is 17.0 Å². The topological polar surface area (TPSA) is 78.7 Å². The van der Waals surface area contributed by atoms with Crippen LogP contribution in [0.1, 0.15) is 5.56 Å². The molecule has 22 heavy (non-hydrogen) atoms. The Balaban J connectivity index is 2.00. The van der Waals surface area contributed by atoms with Gasteiger partial charge in [-0.05, 0) is 31.2 Å². The second kappa shape index (κ2) is 6.91. The number of esters is 1. The van der Waals surface area contributed by atoms with E-state index in [1.165, 1.54) is 12.1 Å². The molecule has 0 amide bonds. The fraction of sp³-hybridized carbons (Fsp3) is 0.133. The van der Waals surface area contributed by atoms with Crippen molar-refractivity contribution in [1.82, 2.24) is 0 Å². The summed E-state index contributed by atoms with van der Waals surface area (Å²) >= 11 is 5.68. The van der Waals surface area contributed by atoms with Gasteiger partial charge in [0.15, 0.2) is 6.61 Å². The van der Waals surface area contributed by atoms with Crippen molar-refractivity contribution in [2.24, 2.45) is 0 Å². The number of ether oxygens (including phenoxy) is 2. The molecule has 114 valence electrons. The average molecular weight is 322 g/mol. The molecule has 2 aromatic carbocycles. The van der Waals surface area contributed by atoms with Crippen LogP contribution in [0.3, 0.4) is 0 Å². The zero-order chi connectivity index (χ0) is 16.1. The zero-order valence-corrected chi connectivity index (χ0v) is 12.4. The highest BCUT2D eigenvalue weighted by Gasteiger charge is 2.18. The third-order valence-corrected chi connectivity index (χ3v) is 2.95. The molecule has 0 aliphatic rings. The van der Waals surface area contributed by atoms with Crippen molar-refractivity contribution in [1.29, 1.82) is 0 Å². The summed E-state index contributed by atoms with van der Waals surface area (Å²) in [5, 5.41) is 11.1. The van der Waals surface area contributed by atoms with E-state index in [9.17, 15) is 14.9 Å². The summed E-state index contributed by atoms with van der Waals surface area (Å²) in [4.78, 5) is 21.9. The third-order valence-electron chi connectivity index (χ3n) is 2.72. The molecule has 0 N–H and O–H groups in total. The summed E-state index contributed by atoms with van der Waals surface area (Å²) < 4.78 is 10.2. The first-order chi connectivity index (χ1) is 10.5. The number of aryl methyl sites for hydroxylation is 1. The molecule has 0 aliphatic heterocycles. The molecular weight excluding hydrogens is 310 g/mol. The monoisotopic (exact) mass is 321 g/mol. The maximum absolute atomic E-state index is 11.7. The van der Waals surface area contributed by atoms with E-state index in [0.717, 1.165) is 11.6 Å². The second-order valence-electron chi connectivity index (χ2n) is 4.44. The van der Waals surface area contributed by atoms with Gasteiger partial charge in [0.05, 0.1) is 4.92 Å². The van der Waals surface area contributed by atoms with E-state index in [1.54, 1.807) is 12.1 Å². The summed E-state index contributed by atoms with van der Waals surface area (Å²) in [7, 11) is 0. The highest BCUT2D eigenvalue weighted by Crippen LogP contribution is 2.30. The smallest absolute Gasteiger partial charge is 0.349 e. The van der Waals surface area contributed by atoms with Gasteiger partial charge in [-0.15, -0.1) is 0 Å². The Bertz CT molecular complexity index is 700. The van der Waals surface area contributed by atoms with Crippen LogP contribution in [0.2, 0.25) is 5.02 Å². The van der Waals surface area contributed by atoms with Gasteiger partial charge in [-0.2, -0.15) is 0 Å². The highest BCUT2D eigenvalue weighted by atomic mass is 35.5. The molecule has 7 heteroatoms. The predicted octanol–water partition coefficient (Wildman–Crippen LogP) is 3.54. The van der Waals surface area contributed by atoms with Crippen LogP contribution < -0.4 is 9.47 Å². The summed E-state index contributed by atoms with van der Waals surface area (Å²) in [6, 6.07) is 10.9. The normalized spacial score (nSPS) is 10.1. The zero-order valence-electron chi connectivity index (χ0n) is 11.6. The van der Waals surface area contributed by atoms with Crippen molar-refractivity contribution >= 4 is 23.3 Å². The van der Waals surface area contributed by atoms with E-state index >= 15 is 0 Å². The number of halogens is 1. The van der Waals surface area contributed by atoms with Crippen molar-refractivity contribution in [2.75, 3.05) is 6.61 Å². The molecule has 0 fully saturated rings. The molecule has 0 bridgehead atoms. The minimum absolute atomic E-state index is 0.174. The standard InChI is InChI=1S/C15H12ClNO5/c1-10-2-5-12(6-3-10)21-9-15(18)22-14-7-4-11(16)8-13(14)17(19)20/h2-8H,9H2,1H3. The van der Waals surface area contributed by atoms with E-state index in [0.29, 0.717) is 5.75 Å². The quantitative estimate of drug-likeness (QED) is 0.364. The molecule has 0 spiro atoms. The molecule has 0 unspecified atom stereocenters. The minimum atomic E-state index is -0.744. The van der Waals surface area contributed by atoms with Gasteiger partial charge in [0, 0.05) is 11.1 Å². The van der Waals surface area contributed by atoms with Crippen LogP contribution >= 0.6 is 11.6 Å². The summed E-state index contributed by atoms with van der Waals surface area (Å²) in [6.45, 7) is 1.57. The van der Waals surface area contributed by atoms with Crippen molar-refractivity contribution in [3.05, 3.63) is 63.2 Å². The van der Waals surface area contributed by atoms with Gasteiger partial charge < -0.3 is 9.47 Å². The molecule has 0 saturated carbocycles. The van der Waals surface area contributed by atoms with Crippen molar-refractivity contribution < 1.29 is 19.2 Å². The lowest BCUT2D eigenvalue weighted by molar-refractivity contribution is -0.385. The molecule has 6 nitrogen and oxygen atoms in total. The lowest BCUT2D eigenvalue weighted by Crippen LogP contribution is -2.18. The minimum Gasteiger partial charge on any atom is -0.482 e. The Morgan fingerprint density at radius 2 is 1.91 bits per heavy atom. The Morgan fingerprint density at radius 3 is 2.55 bits per heavy atom. The number of nitro groups is 1. The first kappa shape index (κ1) is 15.8. The van der Waals surface area contributed by atoms with Crippen molar-refractivity contribution in [3.63, 3.8) is 0 Å². The van der Waals surface area contributed by atoms with Gasteiger partial charge in [0.2, 0.25) is 5.75 Å². The first-order valence-corrected chi connectivity index (χ1v) is 6.67. The number of carbonyl (C=O) groups excluding carboxylic acids is 1. The van der Waals surface area contributed by atoms with Gasteiger partial charge in [0.25, 0.3) is 0 Å². The largest absolute Gasteiger partial charge is 0.482 e. The Kier molecular flexibility index (Phi) is 4.95.